The van der Waals surface area contributed by atoms with Crippen LogP contribution in [0.2, 0.25) is 0 Å². The maximum atomic E-state index is 13.4. The van der Waals surface area contributed by atoms with E-state index in [0.717, 1.165) is 49.4 Å². The Bertz CT molecular complexity index is 1340. The maximum absolute atomic E-state index is 13.4. The summed E-state index contributed by atoms with van der Waals surface area (Å²) < 4.78 is 12.4. The Balaban J connectivity index is 1.07. The zero-order valence-electron chi connectivity index (χ0n) is 25.7. The van der Waals surface area contributed by atoms with E-state index in [1.165, 1.54) is 16.9 Å². The van der Waals surface area contributed by atoms with Gasteiger partial charge in [0.25, 0.3) is 11.8 Å². The number of nitrogens with zero attached hydrogens (tertiary/aromatic N) is 3. The standard InChI is InChI=1S/C34H45N3O5S/c1-43(2,3)18-17-41-23-37-32(38)16-15-30(34(37)40)36-22-25-19-27(13-14-28(25)33(36)39)42-31-12-8-7-11-29(31)35-20-26(21-35)24-9-5-4-6-10-24/h4-6,9-10,13-14,19,26,29-31H,7-8,11-12,15-18,20-23H2,1-3H3/t29-,30?,31-/m0/s1. The minimum Gasteiger partial charge on any atom is -0.489 e. The lowest BCUT2D eigenvalue weighted by Crippen LogP contribution is -2.57. The third kappa shape index (κ3) is 6.64. The van der Waals surface area contributed by atoms with Crippen LogP contribution in [0.4, 0.5) is 0 Å². The van der Waals surface area contributed by atoms with Crippen LogP contribution in [-0.2, 0) is 20.9 Å². The summed E-state index contributed by atoms with van der Waals surface area (Å²) in [4.78, 5) is 44.8. The van der Waals surface area contributed by atoms with Crippen molar-refractivity contribution in [1.29, 1.82) is 0 Å². The molecule has 0 N–H and O–H groups in total. The molecular weight excluding hydrogens is 562 g/mol. The summed E-state index contributed by atoms with van der Waals surface area (Å²) in [6.07, 6.45) is 11.9. The molecule has 6 rings (SSSR count). The highest BCUT2D eigenvalue weighted by Crippen LogP contribution is 2.37. The van der Waals surface area contributed by atoms with E-state index >= 15 is 0 Å². The maximum Gasteiger partial charge on any atom is 0.255 e. The number of imide groups is 1. The van der Waals surface area contributed by atoms with Gasteiger partial charge in [0.1, 0.15) is 24.6 Å². The van der Waals surface area contributed by atoms with Crippen LogP contribution in [0.15, 0.2) is 48.5 Å². The van der Waals surface area contributed by atoms with E-state index in [1.54, 1.807) is 4.90 Å². The molecule has 1 aliphatic carbocycles. The number of ether oxygens (including phenoxy) is 2. The van der Waals surface area contributed by atoms with Gasteiger partial charge >= 0.3 is 0 Å². The number of likely N-dealkylation sites (tertiary alicyclic amines) is 2. The van der Waals surface area contributed by atoms with Crippen molar-refractivity contribution in [2.75, 3.05) is 50.9 Å². The van der Waals surface area contributed by atoms with Gasteiger partial charge in [-0.3, -0.25) is 24.2 Å². The van der Waals surface area contributed by atoms with Crippen molar-refractivity contribution in [3.8, 4) is 5.75 Å². The summed E-state index contributed by atoms with van der Waals surface area (Å²) in [6.45, 7) is 2.93. The fourth-order valence-electron chi connectivity index (χ4n) is 6.88. The van der Waals surface area contributed by atoms with Crippen molar-refractivity contribution in [3.05, 3.63) is 65.2 Å². The molecule has 2 aromatic rings. The van der Waals surface area contributed by atoms with Gasteiger partial charge < -0.3 is 14.4 Å². The lowest BCUT2D eigenvalue weighted by Gasteiger charge is -2.48. The Hall–Kier alpha value is -2.88. The number of hydrogen-bond acceptors (Lipinski definition) is 6. The third-order valence-corrected chi connectivity index (χ3v) is 10.8. The van der Waals surface area contributed by atoms with E-state index in [1.807, 2.05) is 18.2 Å². The van der Waals surface area contributed by atoms with Crippen LogP contribution in [0.5, 0.6) is 5.75 Å². The Kier molecular flexibility index (Phi) is 8.85. The second kappa shape index (κ2) is 12.6. The van der Waals surface area contributed by atoms with Gasteiger partial charge in [-0.1, -0.05) is 36.8 Å². The first kappa shape index (κ1) is 30.2. The second-order valence-electron chi connectivity index (χ2n) is 13.4. The smallest absolute Gasteiger partial charge is 0.255 e. The molecule has 1 unspecified atom stereocenters. The van der Waals surface area contributed by atoms with Crippen molar-refractivity contribution < 1.29 is 23.9 Å². The molecule has 2 saturated heterocycles. The quantitative estimate of drug-likeness (QED) is 0.290. The lowest BCUT2D eigenvalue weighted by molar-refractivity contribution is -0.158. The summed E-state index contributed by atoms with van der Waals surface area (Å²) in [6, 6.07) is 16.2. The normalized spacial score (nSPS) is 25.6. The first-order chi connectivity index (χ1) is 20.7. The molecule has 232 valence electrons. The Labute approximate surface area is 257 Å². The zero-order valence-corrected chi connectivity index (χ0v) is 26.5. The van der Waals surface area contributed by atoms with Gasteiger partial charge in [0.15, 0.2) is 0 Å². The van der Waals surface area contributed by atoms with Gasteiger partial charge in [-0.15, -0.1) is 0 Å². The lowest BCUT2D eigenvalue weighted by atomic mass is 9.84. The van der Waals surface area contributed by atoms with Crippen LogP contribution < -0.4 is 4.74 Å². The first-order valence-electron chi connectivity index (χ1n) is 15.7. The molecule has 2 aromatic carbocycles. The molecule has 0 bridgehead atoms. The molecule has 3 amide bonds. The van der Waals surface area contributed by atoms with Crippen molar-refractivity contribution in [2.24, 2.45) is 0 Å². The fourth-order valence-corrected chi connectivity index (χ4v) is 7.50. The number of benzene rings is 2. The number of carbonyl (C=O) groups is 3. The van der Waals surface area contributed by atoms with Crippen molar-refractivity contribution in [3.63, 3.8) is 0 Å². The average Bonchev–Trinajstić information content (AvgIpc) is 3.28. The zero-order chi connectivity index (χ0) is 30.1. The van der Waals surface area contributed by atoms with Crippen LogP contribution in [0.1, 0.15) is 65.9 Å². The molecule has 0 aromatic heterocycles. The van der Waals surface area contributed by atoms with Gasteiger partial charge in [0.05, 0.1) is 6.61 Å². The number of fused-ring (bicyclic) bond motifs is 1. The van der Waals surface area contributed by atoms with Crippen LogP contribution >= 0.6 is 10.0 Å². The van der Waals surface area contributed by atoms with Crippen LogP contribution in [0.3, 0.4) is 0 Å². The van der Waals surface area contributed by atoms with Crippen LogP contribution in [-0.4, -0.2) is 102 Å². The first-order valence-corrected chi connectivity index (χ1v) is 18.7. The number of rotatable bonds is 10. The number of hydrogen-bond donors (Lipinski definition) is 0. The molecule has 1 saturated carbocycles. The van der Waals surface area contributed by atoms with Gasteiger partial charge in [0.2, 0.25) is 5.91 Å². The van der Waals surface area contributed by atoms with E-state index in [0.29, 0.717) is 37.1 Å². The van der Waals surface area contributed by atoms with Gasteiger partial charge in [-0.2, -0.15) is 0 Å². The molecule has 9 heteroatoms. The van der Waals surface area contributed by atoms with E-state index in [9.17, 15) is 14.4 Å². The number of carbonyl (C=O) groups excluding carboxylic acids is 3. The molecule has 3 fully saturated rings. The van der Waals surface area contributed by atoms with E-state index in [-0.39, 0.29) is 37.0 Å². The van der Waals surface area contributed by atoms with E-state index in [4.69, 9.17) is 9.47 Å². The monoisotopic (exact) mass is 607 g/mol. The predicted octanol–water partition coefficient (Wildman–Crippen LogP) is 4.62. The molecule has 4 aliphatic rings. The van der Waals surface area contributed by atoms with Crippen molar-refractivity contribution >= 4 is 27.7 Å². The van der Waals surface area contributed by atoms with Crippen molar-refractivity contribution in [2.45, 2.75) is 69.2 Å². The Morgan fingerprint density at radius 3 is 2.47 bits per heavy atom. The average molecular weight is 608 g/mol. The van der Waals surface area contributed by atoms with Crippen LogP contribution in [0, 0.1) is 0 Å². The second-order valence-corrected chi connectivity index (χ2v) is 18.0. The summed E-state index contributed by atoms with van der Waals surface area (Å²) in [5, 5.41) is 0. The molecule has 3 atom stereocenters. The third-order valence-electron chi connectivity index (χ3n) is 9.43. The number of piperidine rings is 1. The van der Waals surface area contributed by atoms with Gasteiger partial charge in [-0.25, -0.2) is 10.0 Å². The Morgan fingerprint density at radius 1 is 0.930 bits per heavy atom. The van der Waals surface area contributed by atoms with Gasteiger partial charge in [-0.05, 0) is 73.8 Å². The molecule has 8 nitrogen and oxygen atoms in total. The highest BCUT2D eigenvalue weighted by atomic mass is 32.3. The molecule has 3 heterocycles. The summed E-state index contributed by atoms with van der Waals surface area (Å²) in [7, 11) is -0.727. The molecule has 43 heavy (non-hydrogen) atoms. The highest BCUT2D eigenvalue weighted by molar-refractivity contribution is 8.32. The topological polar surface area (TPSA) is 79.4 Å². The molecular formula is C34H45N3O5S. The minimum absolute atomic E-state index is 0.0533. The predicted molar refractivity (Wildman–Crippen MR) is 170 cm³/mol. The summed E-state index contributed by atoms with van der Waals surface area (Å²) >= 11 is 0. The minimum atomic E-state index is -0.727. The SMILES string of the molecule is CS(C)(C)CCOCN1C(=O)CCC(N2Cc3cc(O[C@H]4CCCC[C@@H]4N4CC(c5ccccc5)C4)ccc3C2=O)C1=O. The van der Waals surface area contributed by atoms with Crippen LogP contribution in [0.25, 0.3) is 0 Å². The molecule has 0 radical (unpaired) electrons. The summed E-state index contributed by atoms with van der Waals surface area (Å²) in [5.41, 5.74) is 2.91. The summed E-state index contributed by atoms with van der Waals surface area (Å²) in [5.74, 6) is 1.55. The van der Waals surface area contributed by atoms with E-state index in [2.05, 4.69) is 54.0 Å². The van der Waals surface area contributed by atoms with E-state index < -0.39 is 16.1 Å². The highest BCUT2D eigenvalue weighted by Gasteiger charge is 2.43. The molecule has 0 spiro atoms. The molecule has 3 aliphatic heterocycles. The largest absolute Gasteiger partial charge is 0.489 e. The fraction of sp³-hybridized carbons (Fsp3) is 0.559. The number of amides is 3. The van der Waals surface area contributed by atoms with Gasteiger partial charge in [0, 0.05) is 49.3 Å². The van der Waals surface area contributed by atoms with Crippen molar-refractivity contribution in [1.82, 2.24) is 14.7 Å². The Morgan fingerprint density at radius 2 is 1.70 bits per heavy atom.